The van der Waals surface area contributed by atoms with Crippen molar-refractivity contribution >= 4 is 5.97 Å². The summed E-state index contributed by atoms with van der Waals surface area (Å²) < 4.78 is 6.61. The molecule has 25 heavy (non-hydrogen) atoms. The maximum atomic E-state index is 12.0. The second-order valence-electron chi connectivity index (χ2n) is 7.08. The van der Waals surface area contributed by atoms with Crippen molar-refractivity contribution in [2.24, 2.45) is 23.7 Å². The molecule has 6 nitrogen and oxygen atoms in total. The van der Waals surface area contributed by atoms with E-state index in [1.165, 1.54) is 25.0 Å². The van der Waals surface area contributed by atoms with Gasteiger partial charge in [-0.1, -0.05) is 24.3 Å². The van der Waals surface area contributed by atoms with Crippen LogP contribution < -0.4 is 4.84 Å². The van der Waals surface area contributed by atoms with E-state index in [-0.39, 0.29) is 24.5 Å². The fraction of sp³-hybridized carbons (Fsp3) is 0.526. The number of aromatic nitrogens is 1. The third-order valence-electron chi connectivity index (χ3n) is 5.74. The average molecular weight is 345 g/mol. The van der Waals surface area contributed by atoms with Crippen LogP contribution in [0.2, 0.25) is 0 Å². The highest BCUT2D eigenvalue weighted by molar-refractivity contribution is 5.71. The molecule has 1 heterocycles. The lowest BCUT2D eigenvalue weighted by Crippen LogP contribution is -2.29. The molecule has 0 radical (unpaired) electrons. The average Bonchev–Trinajstić information content (AvgIpc) is 3.19. The number of nitrogens with zero attached hydrogens (tertiary/aromatic N) is 1. The summed E-state index contributed by atoms with van der Waals surface area (Å²) in [4.78, 5) is 17.0. The van der Waals surface area contributed by atoms with E-state index in [0.29, 0.717) is 28.4 Å². The Morgan fingerprint density at radius 2 is 1.60 bits per heavy atom. The summed E-state index contributed by atoms with van der Waals surface area (Å²) in [6.07, 6.45) is 13.6. The van der Waals surface area contributed by atoms with Crippen LogP contribution in [0.3, 0.4) is 0 Å². The maximum Gasteiger partial charge on any atom is 0.358 e. The number of aromatic hydroxyl groups is 2. The first-order chi connectivity index (χ1) is 12.1. The Labute approximate surface area is 146 Å². The van der Waals surface area contributed by atoms with Crippen LogP contribution in [0.5, 0.6) is 11.8 Å². The summed E-state index contributed by atoms with van der Waals surface area (Å²) in [5.74, 6) is 0.661. The molecule has 0 amide bonds. The number of fused-ring (bicyclic) bond motifs is 5. The third kappa shape index (κ3) is 2.95. The molecule has 6 heteroatoms. The summed E-state index contributed by atoms with van der Waals surface area (Å²) in [5.41, 5.74) is 0. The maximum absolute atomic E-state index is 12.0. The predicted octanol–water partition coefficient (Wildman–Crippen LogP) is 2.42. The van der Waals surface area contributed by atoms with Gasteiger partial charge in [-0.2, -0.15) is 0 Å². The first-order valence-electron chi connectivity index (χ1n) is 8.91. The zero-order chi connectivity index (χ0) is 17.4. The molecule has 0 aromatic carbocycles. The summed E-state index contributed by atoms with van der Waals surface area (Å²) in [6.45, 7) is -0.200. The highest BCUT2D eigenvalue weighted by atomic mass is 16.7. The Kier molecular flexibility index (Phi) is 4.29. The summed E-state index contributed by atoms with van der Waals surface area (Å²) in [7, 11) is 0. The van der Waals surface area contributed by atoms with Crippen LogP contribution in [0.1, 0.15) is 25.7 Å². The highest BCUT2D eigenvalue weighted by Gasteiger charge is 2.51. The molecule has 134 valence electrons. The van der Waals surface area contributed by atoms with Crippen molar-refractivity contribution in [2.75, 3.05) is 6.61 Å². The van der Waals surface area contributed by atoms with Crippen LogP contribution in [0.4, 0.5) is 0 Å². The minimum absolute atomic E-state index is 0.0208. The lowest BCUT2D eigenvalue weighted by molar-refractivity contribution is -0.153. The molecule has 3 aliphatic carbocycles. The minimum atomic E-state index is -0.646. The van der Waals surface area contributed by atoms with Crippen LogP contribution in [0, 0.1) is 23.7 Å². The molecule has 1 aromatic heterocycles. The normalized spacial score (nSPS) is 33.0. The molecule has 2 bridgehead atoms. The molecule has 1 fully saturated rings. The van der Waals surface area contributed by atoms with Crippen molar-refractivity contribution in [1.29, 1.82) is 0 Å². The van der Waals surface area contributed by atoms with Gasteiger partial charge in [-0.25, -0.2) is 4.79 Å². The molecule has 1 saturated carbocycles. The Bertz CT molecular complexity index is 661. The molecule has 0 aliphatic heterocycles. The predicted molar refractivity (Wildman–Crippen MR) is 89.8 cm³/mol. The Balaban J connectivity index is 1.37. The number of carbonyl (C=O) groups excluding carboxylic acids is 1. The van der Waals surface area contributed by atoms with E-state index in [2.05, 4.69) is 24.3 Å². The van der Waals surface area contributed by atoms with Gasteiger partial charge < -0.3 is 19.8 Å². The molecule has 1 aromatic rings. The van der Waals surface area contributed by atoms with Gasteiger partial charge in [0.25, 0.3) is 0 Å². The van der Waals surface area contributed by atoms with Crippen molar-refractivity contribution < 1.29 is 24.6 Å². The fourth-order valence-corrected chi connectivity index (χ4v) is 4.71. The van der Waals surface area contributed by atoms with E-state index in [4.69, 9.17) is 9.57 Å². The molecule has 2 N–H and O–H groups in total. The molecule has 0 spiro atoms. The molecule has 3 aliphatic rings. The lowest BCUT2D eigenvalue weighted by atomic mass is 9.77. The molecule has 0 saturated heterocycles. The zero-order valence-corrected chi connectivity index (χ0v) is 14.0. The second kappa shape index (κ2) is 6.59. The third-order valence-corrected chi connectivity index (χ3v) is 5.74. The van der Waals surface area contributed by atoms with Crippen LogP contribution in [0.25, 0.3) is 0 Å². The monoisotopic (exact) mass is 345 g/mol. The first-order valence-corrected chi connectivity index (χ1v) is 8.91. The SMILES string of the molecule is O=C(COC1C2C=CC1C1CCC=CCCC21)On1c(O)ccc1O. The topological polar surface area (TPSA) is 80.9 Å². The summed E-state index contributed by atoms with van der Waals surface area (Å²) in [6, 6.07) is 2.49. The van der Waals surface area contributed by atoms with Gasteiger partial charge in [0.2, 0.25) is 11.8 Å². The standard InChI is InChI=1S/C19H23NO5/c21-16-9-10-17(22)20(16)25-18(23)11-24-19-14-7-8-15(19)13-6-4-2-1-3-5-12(13)14/h1-2,7-10,12-15,19,21-22H,3-6,11H2. The number of allylic oxidation sites excluding steroid dienone is 2. The molecular weight excluding hydrogens is 322 g/mol. The van der Waals surface area contributed by atoms with Crippen molar-refractivity contribution in [2.45, 2.75) is 31.8 Å². The number of hydrogen-bond donors (Lipinski definition) is 2. The molecular formula is C19H23NO5. The van der Waals surface area contributed by atoms with Gasteiger partial charge in [0.15, 0.2) is 0 Å². The number of carbonyl (C=O) groups is 1. The number of rotatable bonds is 4. The van der Waals surface area contributed by atoms with Gasteiger partial charge >= 0.3 is 5.97 Å². The first kappa shape index (κ1) is 16.3. The van der Waals surface area contributed by atoms with Gasteiger partial charge in [-0.15, -0.1) is 4.73 Å². The molecule has 4 unspecified atom stereocenters. The van der Waals surface area contributed by atoms with E-state index in [0.717, 1.165) is 12.8 Å². The van der Waals surface area contributed by atoms with Crippen LogP contribution in [0.15, 0.2) is 36.4 Å². The van der Waals surface area contributed by atoms with Crippen LogP contribution in [-0.4, -0.2) is 33.6 Å². The van der Waals surface area contributed by atoms with E-state index in [9.17, 15) is 15.0 Å². The summed E-state index contributed by atoms with van der Waals surface area (Å²) >= 11 is 0. The highest BCUT2D eigenvalue weighted by Crippen LogP contribution is 2.53. The largest absolute Gasteiger partial charge is 0.492 e. The number of ether oxygens (including phenoxy) is 1. The van der Waals surface area contributed by atoms with Gasteiger partial charge in [-0.05, 0) is 37.5 Å². The minimum Gasteiger partial charge on any atom is -0.492 e. The number of hydrogen-bond acceptors (Lipinski definition) is 5. The molecule has 4 rings (SSSR count). The Hall–Kier alpha value is -2.21. The van der Waals surface area contributed by atoms with Crippen molar-refractivity contribution in [3.05, 3.63) is 36.4 Å². The fourth-order valence-electron chi connectivity index (χ4n) is 4.71. The Morgan fingerprint density at radius 1 is 1.04 bits per heavy atom. The van der Waals surface area contributed by atoms with Crippen molar-refractivity contribution in [3.63, 3.8) is 0 Å². The van der Waals surface area contributed by atoms with Gasteiger partial charge in [0.1, 0.15) is 6.61 Å². The van der Waals surface area contributed by atoms with Gasteiger partial charge in [-0.3, -0.25) is 0 Å². The van der Waals surface area contributed by atoms with E-state index in [1.807, 2.05) is 0 Å². The quantitative estimate of drug-likeness (QED) is 0.819. The summed E-state index contributed by atoms with van der Waals surface area (Å²) in [5, 5.41) is 19.0. The molecule has 4 atom stereocenters. The van der Waals surface area contributed by atoms with Gasteiger partial charge in [0, 0.05) is 24.0 Å². The van der Waals surface area contributed by atoms with Crippen LogP contribution >= 0.6 is 0 Å². The Morgan fingerprint density at radius 3 is 2.16 bits per heavy atom. The lowest BCUT2D eigenvalue weighted by Gasteiger charge is -2.28. The van der Waals surface area contributed by atoms with E-state index < -0.39 is 5.97 Å². The van der Waals surface area contributed by atoms with Crippen LogP contribution in [-0.2, 0) is 9.53 Å². The van der Waals surface area contributed by atoms with E-state index >= 15 is 0 Å². The van der Waals surface area contributed by atoms with E-state index in [1.54, 1.807) is 0 Å². The zero-order valence-electron chi connectivity index (χ0n) is 14.0. The second-order valence-corrected chi connectivity index (χ2v) is 7.08. The van der Waals surface area contributed by atoms with Crippen molar-refractivity contribution in [1.82, 2.24) is 4.73 Å². The van der Waals surface area contributed by atoms with Gasteiger partial charge in [0.05, 0.1) is 6.10 Å². The van der Waals surface area contributed by atoms with Crippen molar-refractivity contribution in [3.8, 4) is 11.8 Å². The smallest absolute Gasteiger partial charge is 0.358 e.